The third-order valence-corrected chi connectivity index (χ3v) is 2.31. The standard InChI is InChI=1S/C12H13N3O3/c13-7-8-3-1-2-4-10(8)15-12(18)9(14)5-6-11(16)17/h1-4,9H,5-6,14H2,(H,15,18)(H,16,17). The van der Waals surface area contributed by atoms with E-state index in [-0.39, 0.29) is 12.8 Å². The fourth-order valence-corrected chi connectivity index (χ4v) is 1.33. The molecule has 0 radical (unpaired) electrons. The number of aliphatic carboxylic acids is 1. The van der Waals surface area contributed by atoms with E-state index in [1.807, 2.05) is 6.07 Å². The van der Waals surface area contributed by atoms with Crippen LogP contribution in [0.5, 0.6) is 0 Å². The third-order valence-electron chi connectivity index (χ3n) is 2.31. The van der Waals surface area contributed by atoms with Gasteiger partial charge >= 0.3 is 5.97 Å². The zero-order chi connectivity index (χ0) is 13.5. The summed E-state index contributed by atoms with van der Waals surface area (Å²) in [7, 11) is 0. The Labute approximate surface area is 104 Å². The molecule has 0 bridgehead atoms. The Morgan fingerprint density at radius 2 is 2.11 bits per heavy atom. The number of carbonyl (C=O) groups excluding carboxylic acids is 1. The van der Waals surface area contributed by atoms with Gasteiger partial charge in [0.05, 0.1) is 17.3 Å². The zero-order valence-corrected chi connectivity index (χ0v) is 9.59. The summed E-state index contributed by atoms with van der Waals surface area (Å²) in [5.41, 5.74) is 6.25. The molecule has 6 heteroatoms. The van der Waals surface area contributed by atoms with E-state index in [0.29, 0.717) is 11.3 Å². The minimum Gasteiger partial charge on any atom is -0.481 e. The van der Waals surface area contributed by atoms with Gasteiger partial charge in [-0.15, -0.1) is 0 Å². The van der Waals surface area contributed by atoms with Gasteiger partial charge in [0.2, 0.25) is 5.91 Å². The number of nitrogens with one attached hydrogen (secondary N) is 1. The molecular weight excluding hydrogens is 234 g/mol. The molecule has 1 aromatic carbocycles. The highest BCUT2D eigenvalue weighted by molar-refractivity contribution is 5.95. The van der Waals surface area contributed by atoms with Crippen LogP contribution in [-0.2, 0) is 9.59 Å². The Kier molecular flexibility index (Phi) is 4.84. The number of carboxylic acids is 1. The lowest BCUT2D eigenvalue weighted by Crippen LogP contribution is -2.36. The molecule has 1 amide bonds. The van der Waals surface area contributed by atoms with Gasteiger partial charge < -0.3 is 16.2 Å². The summed E-state index contributed by atoms with van der Waals surface area (Å²) in [4.78, 5) is 22.0. The van der Waals surface area contributed by atoms with Gasteiger partial charge in [0.25, 0.3) is 0 Å². The van der Waals surface area contributed by atoms with Crippen LogP contribution in [0.1, 0.15) is 18.4 Å². The molecule has 1 atom stereocenters. The lowest BCUT2D eigenvalue weighted by molar-refractivity contribution is -0.137. The molecule has 6 nitrogen and oxygen atoms in total. The van der Waals surface area contributed by atoms with Gasteiger partial charge in [-0.25, -0.2) is 0 Å². The Morgan fingerprint density at radius 1 is 1.44 bits per heavy atom. The quantitative estimate of drug-likeness (QED) is 0.707. The molecule has 1 rings (SSSR count). The van der Waals surface area contributed by atoms with Crippen LogP contribution in [0.3, 0.4) is 0 Å². The molecule has 0 spiro atoms. The van der Waals surface area contributed by atoms with Gasteiger partial charge in [0.15, 0.2) is 0 Å². The Morgan fingerprint density at radius 3 is 2.72 bits per heavy atom. The van der Waals surface area contributed by atoms with Crippen molar-refractivity contribution in [2.24, 2.45) is 5.73 Å². The molecule has 1 aromatic rings. The number of hydrogen-bond donors (Lipinski definition) is 3. The second-order valence-electron chi connectivity index (χ2n) is 3.69. The summed E-state index contributed by atoms with van der Waals surface area (Å²) in [6.45, 7) is 0. The van der Waals surface area contributed by atoms with Crippen molar-refractivity contribution in [1.29, 1.82) is 5.26 Å². The Hall–Kier alpha value is -2.39. The molecule has 0 aliphatic rings. The first kappa shape index (κ1) is 13.7. The first-order chi connectivity index (χ1) is 8.54. The molecule has 1 unspecified atom stereocenters. The molecule has 0 aliphatic heterocycles. The highest BCUT2D eigenvalue weighted by Crippen LogP contribution is 2.13. The Balaban J connectivity index is 2.64. The number of nitrogens with two attached hydrogens (primary N) is 1. The van der Waals surface area contributed by atoms with Gasteiger partial charge in [-0.2, -0.15) is 5.26 Å². The van der Waals surface area contributed by atoms with E-state index in [9.17, 15) is 9.59 Å². The van der Waals surface area contributed by atoms with Crippen molar-refractivity contribution >= 4 is 17.6 Å². The van der Waals surface area contributed by atoms with Crippen LogP contribution in [0.2, 0.25) is 0 Å². The van der Waals surface area contributed by atoms with E-state index in [1.165, 1.54) is 0 Å². The average Bonchev–Trinajstić information content (AvgIpc) is 2.36. The topological polar surface area (TPSA) is 116 Å². The van der Waals surface area contributed by atoms with Crippen LogP contribution in [0.4, 0.5) is 5.69 Å². The number of rotatable bonds is 5. The first-order valence-electron chi connectivity index (χ1n) is 5.32. The minimum absolute atomic E-state index is 0.0515. The second-order valence-corrected chi connectivity index (χ2v) is 3.69. The second kappa shape index (κ2) is 6.37. The SMILES string of the molecule is N#Cc1ccccc1NC(=O)C(N)CCC(=O)O. The fourth-order valence-electron chi connectivity index (χ4n) is 1.33. The number of para-hydroxylation sites is 1. The molecule has 18 heavy (non-hydrogen) atoms. The molecule has 0 heterocycles. The number of nitrogens with zero attached hydrogens (tertiary/aromatic N) is 1. The summed E-state index contributed by atoms with van der Waals surface area (Å²) in [5.74, 6) is -1.50. The molecule has 0 aromatic heterocycles. The third kappa shape index (κ3) is 3.88. The molecule has 0 aliphatic carbocycles. The van der Waals surface area contributed by atoms with Gasteiger partial charge in [0, 0.05) is 6.42 Å². The van der Waals surface area contributed by atoms with Crippen molar-refractivity contribution in [2.45, 2.75) is 18.9 Å². The van der Waals surface area contributed by atoms with Crippen molar-refractivity contribution < 1.29 is 14.7 Å². The lowest BCUT2D eigenvalue weighted by Gasteiger charge is -2.11. The van der Waals surface area contributed by atoms with Crippen LogP contribution in [0.25, 0.3) is 0 Å². The smallest absolute Gasteiger partial charge is 0.303 e. The summed E-state index contributed by atoms with van der Waals surface area (Å²) in [5, 5.41) is 19.8. The summed E-state index contributed by atoms with van der Waals surface area (Å²) < 4.78 is 0. The van der Waals surface area contributed by atoms with E-state index in [2.05, 4.69) is 5.32 Å². The van der Waals surface area contributed by atoms with Crippen molar-refractivity contribution in [2.75, 3.05) is 5.32 Å². The molecule has 94 valence electrons. The molecule has 4 N–H and O–H groups in total. The number of carbonyl (C=O) groups is 2. The number of hydrogen-bond acceptors (Lipinski definition) is 4. The van der Waals surface area contributed by atoms with Crippen molar-refractivity contribution in [3.63, 3.8) is 0 Å². The van der Waals surface area contributed by atoms with Crippen LogP contribution in [0, 0.1) is 11.3 Å². The summed E-state index contributed by atoms with van der Waals surface area (Å²) in [6.07, 6.45) is -0.121. The molecular formula is C12H13N3O3. The van der Waals surface area contributed by atoms with Gasteiger partial charge in [-0.1, -0.05) is 12.1 Å². The van der Waals surface area contributed by atoms with Crippen LogP contribution in [0.15, 0.2) is 24.3 Å². The Bertz CT molecular complexity index is 494. The van der Waals surface area contributed by atoms with E-state index >= 15 is 0 Å². The highest BCUT2D eigenvalue weighted by atomic mass is 16.4. The molecule has 0 fully saturated rings. The van der Waals surface area contributed by atoms with Crippen molar-refractivity contribution in [3.05, 3.63) is 29.8 Å². The number of carboxylic acid groups (broad SMARTS) is 1. The van der Waals surface area contributed by atoms with Crippen LogP contribution >= 0.6 is 0 Å². The summed E-state index contributed by atoms with van der Waals surface area (Å²) in [6, 6.07) is 7.54. The minimum atomic E-state index is -1.00. The van der Waals surface area contributed by atoms with E-state index in [4.69, 9.17) is 16.1 Å². The largest absolute Gasteiger partial charge is 0.481 e. The first-order valence-corrected chi connectivity index (χ1v) is 5.32. The summed E-state index contributed by atoms with van der Waals surface area (Å²) >= 11 is 0. The van der Waals surface area contributed by atoms with E-state index < -0.39 is 17.9 Å². The maximum absolute atomic E-state index is 11.7. The predicted molar refractivity (Wildman–Crippen MR) is 64.6 cm³/mol. The predicted octanol–water partition coefficient (Wildman–Crippen LogP) is 0.689. The highest BCUT2D eigenvalue weighted by Gasteiger charge is 2.16. The maximum atomic E-state index is 11.7. The van der Waals surface area contributed by atoms with Gasteiger partial charge in [0.1, 0.15) is 6.07 Å². The fraction of sp³-hybridized carbons (Fsp3) is 0.250. The maximum Gasteiger partial charge on any atom is 0.303 e. The van der Waals surface area contributed by atoms with Crippen molar-refractivity contribution in [1.82, 2.24) is 0 Å². The van der Waals surface area contributed by atoms with Gasteiger partial charge in [-0.3, -0.25) is 9.59 Å². The van der Waals surface area contributed by atoms with E-state index in [0.717, 1.165) is 0 Å². The zero-order valence-electron chi connectivity index (χ0n) is 9.59. The van der Waals surface area contributed by atoms with Crippen molar-refractivity contribution in [3.8, 4) is 6.07 Å². The average molecular weight is 247 g/mol. The van der Waals surface area contributed by atoms with Crippen LogP contribution in [-0.4, -0.2) is 23.0 Å². The molecule has 0 saturated carbocycles. The number of nitriles is 1. The monoisotopic (exact) mass is 247 g/mol. The van der Waals surface area contributed by atoms with Crippen LogP contribution < -0.4 is 11.1 Å². The number of benzene rings is 1. The molecule has 0 saturated heterocycles. The van der Waals surface area contributed by atoms with Gasteiger partial charge in [-0.05, 0) is 18.6 Å². The lowest BCUT2D eigenvalue weighted by atomic mass is 10.1. The number of amides is 1. The normalized spacial score (nSPS) is 11.3. The van der Waals surface area contributed by atoms with E-state index in [1.54, 1.807) is 24.3 Å². The number of anilines is 1.